The Kier molecular flexibility index (Phi) is 13.9. The molecule has 0 atom stereocenters. The van der Waals surface area contributed by atoms with Crippen LogP contribution in [0.3, 0.4) is 0 Å². The molecule has 0 aliphatic rings. The zero-order chi connectivity index (χ0) is 15.3. The van der Waals surface area contributed by atoms with Gasteiger partial charge in [-0.15, -0.1) is 35.3 Å². The normalized spacial score (nSPS) is 11.1. The minimum atomic E-state index is 0. The number of unbranched alkanes of at least 4 members (excludes halogenated alkanes) is 1. The molecule has 5 nitrogen and oxygen atoms in total. The summed E-state index contributed by atoms with van der Waals surface area (Å²) < 4.78 is 5.54. The van der Waals surface area contributed by atoms with Gasteiger partial charge in [-0.3, -0.25) is 0 Å². The SMILES string of the molecule is CCCCOCCCNC(=NCc1cnc(C)s1)NCC.I. The maximum atomic E-state index is 5.54. The molecular formula is C15H29IN4OS. The van der Waals surface area contributed by atoms with Crippen LogP contribution in [0.1, 0.15) is 43.0 Å². The lowest BCUT2D eigenvalue weighted by Gasteiger charge is -2.11. The van der Waals surface area contributed by atoms with Crippen molar-refractivity contribution in [3.8, 4) is 0 Å². The number of aryl methyl sites for hydroxylation is 1. The van der Waals surface area contributed by atoms with Crippen LogP contribution in [0.4, 0.5) is 0 Å². The standard InChI is InChI=1S/C15H28N4OS.HI/c1-4-6-9-20-10-7-8-17-15(16-5-2)19-12-14-11-18-13(3)21-14;/h11H,4-10,12H2,1-3H3,(H2,16,17,19);1H. The summed E-state index contributed by atoms with van der Waals surface area (Å²) in [5.41, 5.74) is 0. The first-order valence-electron chi connectivity index (χ1n) is 7.77. The molecule has 0 unspecified atom stereocenters. The van der Waals surface area contributed by atoms with E-state index in [1.165, 1.54) is 11.3 Å². The molecule has 2 N–H and O–H groups in total. The predicted molar refractivity (Wildman–Crippen MR) is 105 cm³/mol. The molecule has 7 heteroatoms. The Morgan fingerprint density at radius 3 is 2.68 bits per heavy atom. The summed E-state index contributed by atoms with van der Waals surface area (Å²) in [7, 11) is 0. The Bertz CT molecular complexity index is 412. The molecule has 0 aliphatic heterocycles. The van der Waals surface area contributed by atoms with Crippen molar-refractivity contribution >= 4 is 41.3 Å². The highest BCUT2D eigenvalue weighted by molar-refractivity contribution is 14.0. The average Bonchev–Trinajstić information content (AvgIpc) is 2.89. The maximum absolute atomic E-state index is 5.54. The van der Waals surface area contributed by atoms with Crippen LogP contribution < -0.4 is 10.6 Å². The van der Waals surface area contributed by atoms with Crippen molar-refractivity contribution < 1.29 is 4.74 Å². The number of hydrogen-bond acceptors (Lipinski definition) is 4. The van der Waals surface area contributed by atoms with Crippen molar-refractivity contribution in [2.75, 3.05) is 26.3 Å². The van der Waals surface area contributed by atoms with E-state index in [1.54, 1.807) is 11.3 Å². The van der Waals surface area contributed by atoms with Gasteiger partial charge in [0.05, 0.1) is 11.6 Å². The highest BCUT2D eigenvalue weighted by atomic mass is 127. The molecule has 1 aromatic heterocycles. The van der Waals surface area contributed by atoms with E-state index in [2.05, 4.69) is 34.5 Å². The molecule has 1 aromatic rings. The molecule has 0 aliphatic carbocycles. The lowest BCUT2D eigenvalue weighted by atomic mass is 10.4. The summed E-state index contributed by atoms with van der Waals surface area (Å²) in [5.74, 6) is 0.858. The Labute approximate surface area is 155 Å². The summed E-state index contributed by atoms with van der Waals surface area (Å²) in [5, 5.41) is 7.67. The van der Waals surface area contributed by atoms with E-state index in [1.807, 2.05) is 13.1 Å². The second-order valence-electron chi connectivity index (χ2n) is 4.79. The van der Waals surface area contributed by atoms with Gasteiger partial charge in [-0.25, -0.2) is 9.98 Å². The van der Waals surface area contributed by atoms with Crippen LogP contribution in [0, 0.1) is 6.92 Å². The Morgan fingerprint density at radius 2 is 2.05 bits per heavy atom. The van der Waals surface area contributed by atoms with Crippen molar-refractivity contribution in [1.29, 1.82) is 0 Å². The molecule has 0 saturated heterocycles. The lowest BCUT2D eigenvalue weighted by Crippen LogP contribution is -2.38. The third-order valence-electron chi connectivity index (χ3n) is 2.81. The second kappa shape index (κ2) is 14.2. The summed E-state index contributed by atoms with van der Waals surface area (Å²) in [6.07, 6.45) is 5.22. The van der Waals surface area contributed by atoms with Gasteiger partial charge in [0, 0.05) is 37.4 Å². The number of aliphatic imine (C=N–C) groups is 1. The van der Waals surface area contributed by atoms with Gasteiger partial charge in [0.2, 0.25) is 0 Å². The molecule has 22 heavy (non-hydrogen) atoms. The Balaban J connectivity index is 0.00000441. The Morgan fingerprint density at radius 1 is 1.27 bits per heavy atom. The van der Waals surface area contributed by atoms with E-state index >= 15 is 0 Å². The van der Waals surface area contributed by atoms with Gasteiger partial charge in [-0.2, -0.15) is 0 Å². The smallest absolute Gasteiger partial charge is 0.191 e. The van der Waals surface area contributed by atoms with E-state index in [9.17, 15) is 0 Å². The van der Waals surface area contributed by atoms with Crippen LogP contribution in [-0.4, -0.2) is 37.2 Å². The van der Waals surface area contributed by atoms with Crippen molar-refractivity contribution in [3.63, 3.8) is 0 Å². The predicted octanol–water partition coefficient (Wildman–Crippen LogP) is 3.33. The van der Waals surface area contributed by atoms with E-state index in [0.29, 0.717) is 6.54 Å². The number of ether oxygens (including phenoxy) is 1. The van der Waals surface area contributed by atoms with Crippen LogP contribution in [-0.2, 0) is 11.3 Å². The minimum Gasteiger partial charge on any atom is -0.381 e. The zero-order valence-electron chi connectivity index (χ0n) is 13.9. The molecule has 0 aromatic carbocycles. The fourth-order valence-corrected chi connectivity index (χ4v) is 2.43. The third-order valence-corrected chi connectivity index (χ3v) is 3.70. The van der Waals surface area contributed by atoms with Gasteiger partial charge in [0.15, 0.2) is 5.96 Å². The first-order chi connectivity index (χ1) is 10.3. The van der Waals surface area contributed by atoms with Crippen LogP contribution >= 0.6 is 35.3 Å². The monoisotopic (exact) mass is 440 g/mol. The molecule has 1 rings (SSSR count). The van der Waals surface area contributed by atoms with Crippen LogP contribution in [0.2, 0.25) is 0 Å². The maximum Gasteiger partial charge on any atom is 0.191 e. The molecule has 0 radical (unpaired) electrons. The minimum absolute atomic E-state index is 0. The van der Waals surface area contributed by atoms with Gasteiger partial charge >= 0.3 is 0 Å². The van der Waals surface area contributed by atoms with Crippen LogP contribution in [0.25, 0.3) is 0 Å². The van der Waals surface area contributed by atoms with Crippen LogP contribution in [0.15, 0.2) is 11.2 Å². The fourth-order valence-electron chi connectivity index (χ4n) is 1.71. The van der Waals surface area contributed by atoms with Gasteiger partial charge in [-0.1, -0.05) is 13.3 Å². The number of thiazole rings is 1. The molecule has 128 valence electrons. The molecule has 0 bridgehead atoms. The van der Waals surface area contributed by atoms with Crippen LogP contribution in [0.5, 0.6) is 0 Å². The lowest BCUT2D eigenvalue weighted by molar-refractivity contribution is 0.129. The summed E-state index contributed by atoms with van der Waals surface area (Å²) in [6, 6.07) is 0. The van der Waals surface area contributed by atoms with Crippen molar-refractivity contribution in [2.24, 2.45) is 4.99 Å². The van der Waals surface area contributed by atoms with E-state index in [0.717, 1.165) is 50.1 Å². The molecular weight excluding hydrogens is 411 g/mol. The van der Waals surface area contributed by atoms with Crippen molar-refractivity contribution in [3.05, 3.63) is 16.1 Å². The number of hydrogen-bond donors (Lipinski definition) is 2. The molecule has 0 spiro atoms. The third kappa shape index (κ3) is 10.3. The largest absolute Gasteiger partial charge is 0.381 e. The van der Waals surface area contributed by atoms with Crippen molar-refractivity contribution in [2.45, 2.75) is 46.6 Å². The summed E-state index contributed by atoms with van der Waals surface area (Å²) in [6.45, 7) is 10.3. The average molecular weight is 440 g/mol. The van der Waals surface area contributed by atoms with Gasteiger partial charge in [-0.05, 0) is 26.7 Å². The number of nitrogens with one attached hydrogen (secondary N) is 2. The molecule has 0 saturated carbocycles. The molecule has 1 heterocycles. The van der Waals surface area contributed by atoms with Gasteiger partial charge < -0.3 is 15.4 Å². The van der Waals surface area contributed by atoms with Crippen molar-refractivity contribution in [1.82, 2.24) is 15.6 Å². The second-order valence-corrected chi connectivity index (χ2v) is 6.11. The highest BCUT2D eigenvalue weighted by Gasteiger charge is 2.00. The number of nitrogens with zero attached hydrogens (tertiary/aromatic N) is 2. The number of halogens is 1. The first kappa shape index (κ1) is 21.6. The van der Waals surface area contributed by atoms with E-state index in [4.69, 9.17) is 4.74 Å². The number of guanidine groups is 1. The number of aromatic nitrogens is 1. The van der Waals surface area contributed by atoms with Gasteiger partial charge in [0.1, 0.15) is 0 Å². The Hall–Kier alpha value is -0.410. The topological polar surface area (TPSA) is 58.5 Å². The molecule has 0 amide bonds. The summed E-state index contributed by atoms with van der Waals surface area (Å²) >= 11 is 1.69. The molecule has 0 fully saturated rings. The van der Waals surface area contributed by atoms with Gasteiger partial charge in [0.25, 0.3) is 0 Å². The number of rotatable bonds is 10. The quantitative estimate of drug-likeness (QED) is 0.254. The zero-order valence-corrected chi connectivity index (χ0v) is 17.0. The fraction of sp³-hybridized carbons (Fsp3) is 0.733. The highest BCUT2D eigenvalue weighted by Crippen LogP contribution is 2.12. The van der Waals surface area contributed by atoms with E-state index in [-0.39, 0.29) is 24.0 Å². The summed E-state index contributed by atoms with van der Waals surface area (Å²) in [4.78, 5) is 10.00. The van der Waals surface area contributed by atoms with E-state index < -0.39 is 0 Å². The first-order valence-corrected chi connectivity index (χ1v) is 8.59.